The highest BCUT2D eigenvalue weighted by Gasteiger charge is 2.20. The Morgan fingerprint density at radius 3 is 2.55 bits per heavy atom. The quantitative estimate of drug-likeness (QED) is 0.146. The molecule has 0 radical (unpaired) electrons. The van der Waals surface area contributed by atoms with Crippen LogP contribution in [0.25, 0.3) is 0 Å². The predicted octanol–water partition coefficient (Wildman–Crippen LogP) is 3.47. The highest BCUT2D eigenvalue weighted by molar-refractivity contribution is 7.27. The molecule has 2 atom stereocenters. The number of carbonyl (C=O) groups excluding carboxylic acids is 1. The molecular formula is C26H47N4O2P. The van der Waals surface area contributed by atoms with Gasteiger partial charge in [-0.25, -0.2) is 0 Å². The molecule has 1 aliphatic rings. The van der Waals surface area contributed by atoms with Gasteiger partial charge in [-0.3, -0.25) is 9.90 Å². The van der Waals surface area contributed by atoms with E-state index in [1.807, 2.05) is 18.9 Å². The number of aryl methyl sites for hydroxylation is 1. The Morgan fingerprint density at radius 2 is 1.88 bits per heavy atom. The van der Waals surface area contributed by atoms with Crippen LogP contribution in [0.1, 0.15) is 70.4 Å². The van der Waals surface area contributed by atoms with Gasteiger partial charge in [0.2, 0.25) is 0 Å². The maximum atomic E-state index is 10.8. The Labute approximate surface area is 204 Å². The molecule has 1 aliphatic heterocycles. The molecule has 1 saturated heterocycles. The summed E-state index contributed by atoms with van der Waals surface area (Å²) in [6, 6.07) is 4.59. The van der Waals surface area contributed by atoms with Gasteiger partial charge in [0.05, 0.1) is 17.8 Å². The fourth-order valence-electron chi connectivity index (χ4n) is 4.33. The molecule has 0 bridgehead atoms. The summed E-state index contributed by atoms with van der Waals surface area (Å²) in [5, 5.41) is 13.9. The van der Waals surface area contributed by atoms with Crippen LogP contribution < -0.4 is 26.3 Å². The normalized spacial score (nSPS) is 15.7. The molecule has 3 N–H and O–H groups in total. The van der Waals surface area contributed by atoms with Crippen molar-refractivity contribution < 1.29 is 9.63 Å². The van der Waals surface area contributed by atoms with Crippen molar-refractivity contribution in [3.05, 3.63) is 23.3 Å². The smallest absolute Gasteiger partial charge is 0.120 e. The van der Waals surface area contributed by atoms with Gasteiger partial charge in [-0.05, 0) is 121 Å². The average molecular weight is 479 g/mol. The maximum Gasteiger partial charge on any atom is 0.120 e. The zero-order valence-electron chi connectivity index (χ0n) is 21.3. The van der Waals surface area contributed by atoms with E-state index in [1.54, 1.807) is 0 Å². The largest absolute Gasteiger partial charge is 0.317 e. The maximum absolute atomic E-state index is 10.8. The third-order valence-electron chi connectivity index (χ3n) is 6.29. The fourth-order valence-corrected chi connectivity index (χ4v) is 4.67. The first kappa shape index (κ1) is 28.2. The van der Waals surface area contributed by atoms with E-state index in [2.05, 4.69) is 51.2 Å². The molecule has 1 aromatic carbocycles. The van der Waals surface area contributed by atoms with Crippen LogP contribution >= 0.6 is 9.24 Å². The lowest BCUT2D eigenvalue weighted by Gasteiger charge is -2.33. The minimum Gasteiger partial charge on any atom is -0.317 e. The van der Waals surface area contributed by atoms with Crippen LogP contribution in [-0.4, -0.2) is 51.2 Å². The summed E-state index contributed by atoms with van der Waals surface area (Å²) in [5.41, 5.74) is 3.57. The number of nitrogens with one attached hydrogen (secondary N) is 3. The summed E-state index contributed by atoms with van der Waals surface area (Å²) in [7, 11) is 2.88. The van der Waals surface area contributed by atoms with Crippen molar-refractivity contribution in [3.63, 3.8) is 0 Å². The van der Waals surface area contributed by atoms with Crippen molar-refractivity contribution in [2.75, 3.05) is 37.8 Å². The summed E-state index contributed by atoms with van der Waals surface area (Å²) in [4.78, 5) is 17.0. The Balaban J connectivity index is 1.77. The number of carbonyl (C=O) groups is 1. The van der Waals surface area contributed by atoms with Crippen LogP contribution in [0.5, 0.6) is 0 Å². The molecule has 1 heterocycles. The second-order valence-corrected chi connectivity index (χ2v) is 10.3. The van der Waals surface area contributed by atoms with Crippen molar-refractivity contribution in [2.45, 2.75) is 84.9 Å². The van der Waals surface area contributed by atoms with Crippen molar-refractivity contribution in [1.82, 2.24) is 16.0 Å². The first-order valence-electron chi connectivity index (χ1n) is 12.8. The standard InChI is InChI=1S/C26H47N4O2P/c1-20(2)32-30(22(4)8-7-15-31)25-17-26(33)24(16-21(25)3)19-29-12-6-5-11-28-18-23-9-13-27-14-10-23/h15-17,20,22-23,27-29H,5-14,18-19,33H2,1-4H3. The molecule has 2 unspecified atom stereocenters. The first-order valence-corrected chi connectivity index (χ1v) is 13.4. The van der Waals surface area contributed by atoms with E-state index in [9.17, 15) is 4.79 Å². The first-order chi connectivity index (χ1) is 15.9. The van der Waals surface area contributed by atoms with Crippen LogP contribution in [0.2, 0.25) is 0 Å². The minimum atomic E-state index is 0.0755. The van der Waals surface area contributed by atoms with Crippen LogP contribution in [0.4, 0.5) is 5.69 Å². The summed E-state index contributed by atoms with van der Waals surface area (Å²) >= 11 is 0. The van der Waals surface area contributed by atoms with Crippen molar-refractivity contribution in [2.24, 2.45) is 5.92 Å². The highest BCUT2D eigenvalue weighted by Crippen LogP contribution is 2.26. The number of hydroxylamine groups is 1. The summed E-state index contributed by atoms with van der Waals surface area (Å²) in [6.07, 6.45) is 7.39. The average Bonchev–Trinajstić information content (AvgIpc) is 2.80. The lowest BCUT2D eigenvalue weighted by atomic mass is 9.98. The van der Waals surface area contributed by atoms with E-state index in [0.717, 1.165) is 43.9 Å². The molecule has 6 nitrogen and oxygen atoms in total. The van der Waals surface area contributed by atoms with Crippen molar-refractivity contribution >= 4 is 26.5 Å². The van der Waals surface area contributed by atoms with Crippen LogP contribution in [0.3, 0.4) is 0 Å². The topological polar surface area (TPSA) is 65.6 Å². The number of piperidine rings is 1. The summed E-state index contributed by atoms with van der Waals surface area (Å²) in [5.74, 6) is 0.853. The Hall–Kier alpha value is -1.04. The second kappa shape index (κ2) is 15.8. The van der Waals surface area contributed by atoms with Crippen molar-refractivity contribution in [1.29, 1.82) is 0 Å². The SMILES string of the molecule is Cc1cc(CNCCCCNCC2CCNCC2)c(P)cc1N(OC(C)C)C(C)CCC=O. The van der Waals surface area contributed by atoms with E-state index in [1.165, 1.54) is 61.7 Å². The molecule has 7 heteroatoms. The molecule has 0 saturated carbocycles. The molecule has 2 rings (SSSR count). The number of nitrogens with zero attached hydrogens (tertiary/aromatic N) is 1. The highest BCUT2D eigenvalue weighted by atomic mass is 31.0. The zero-order chi connectivity index (χ0) is 24.1. The third kappa shape index (κ3) is 10.4. The third-order valence-corrected chi connectivity index (χ3v) is 6.82. The predicted molar refractivity (Wildman–Crippen MR) is 143 cm³/mol. The molecule has 0 amide bonds. The van der Waals surface area contributed by atoms with E-state index >= 15 is 0 Å². The van der Waals surface area contributed by atoms with Gasteiger partial charge >= 0.3 is 0 Å². The van der Waals surface area contributed by atoms with Gasteiger partial charge in [0.15, 0.2) is 0 Å². The van der Waals surface area contributed by atoms with Gasteiger partial charge in [0.1, 0.15) is 6.29 Å². The van der Waals surface area contributed by atoms with E-state index in [0.29, 0.717) is 6.42 Å². The van der Waals surface area contributed by atoms with E-state index in [-0.39, 0.29) is 12.1 Å². The number of hydrogen-bond acceptors (Lipinski definition) is 6. The van der Waals surface area contributed by atoms with E-state index in [4.69, 9.17) is 4.84 Å². The van der Waals surface area contributed by atoms with Gasteiger partial charge < -0.3 is 20.7 Å². The minimum absolute atomic E-state index is 0.0755. The number of unbranched alkanes of at least 4 members (excludes halogenated alkanes) is 1. The summed E-state index contributed by atoms with van der Waals surface area (Å²) in [6.45, 7) is 14.9. The molecule has 1 aromatic rings. The zero-order valence-corrected chi connectivity index (χ0v) is 22.4. The lowest BCUT2D eigenvalue weighted by molar-refractivity contribution is -0.108. The number of anilines is 1. The molecular weight excluding hydrogens is 431 g/mol. The van der Waals surface area contributed by atoms with Crippen molar-refractivity contribution in [3.8, 4) is 0 Å². The Bertz CT molecular complexity index is 695. The van der Waals surface area contributed by atoms with Crippen LogP contribution in [0.15, 0.2) is 12.1 Å². The molecule has 0 aromatic heterocycles. The van der Waals surface area contributed by atoms with Gasteiger partial charge in [0.25, 0.3) is 0 Å². The van der Waals surface area contributed by atoms with Gasteiger partial charge in [-0.15, -0.1) is 9.24 Å². The molecule has 1 fully saturated rings. The molecule has 0 aliphatic carbocycles. The lowest BCUT2D eigenvalue weighted by Crippen LogP contribution is -2.36. The number of rotatable bonds is 16. The van der Waals surface area contributed by atoms with Crippen LogP contribution in [0, 0.1) is 12.8 Å². The number of hydrogen-bond donors (Lipinski definition) is 3. The number of aldehydes is 1. The summed E-state index contributed by atoms with van der Waals surface area (Å²) < 4.78 is 0. The number of benzene rings is 1. The van der Waals surface area contributed by atoms with Gasteiger partial charge in [-0.2, -0.15) is 0 Å². The second-order valence-electron chi connectivity index (χ2n) is 9.69. The fraction of sp³-hybridized carbons (Fsp3) is 0.731. The molecule has 0 spiro atoms. The van der Waals surface area contributed by atoms with Crippen LogP contribution in [-0.2, 0) is 16.2 Å². The molecule has 33 heavy (non-hydrogen) atoms. The van der Waals surface area contributed by atoms with Gasteiger partial charge in [0, 0.05) is 13.0 Å². The monoisotopic (exact) mass is 478 g/mol. The molecule has 188 valence electrons. The Morgan fingerprint density at radius 1 is 1.18 bits per heavy atom. The van der Waals surface area contributed by atoms with Gasteiger partial charge in [-0.1, -0.05) is 6.07 Å². The van der Waals surface area contributed by atoms with E-state index < -0.39 is 0 Å². The Kier molecular flexibility index (Phi) is 13.5.